The Hall–Kier alpha value is -4.11. The van der Waals surface area contributed by atoms with E-state index < -0.39 is 4.92 Å². The number of rotatable bonds is 9. The van der Waals surface area contributed by atoms with Crippen LogP contribution in [0, 0.1) is 10.1 Å². The van der Waals surface area contributed by atoms with Gasteiger partial charge in [-0.15, -0.1) is 0 Å². The lowest BCUT2D eigenvalue weighted by molar-refractivity contribution is -0.385. The summed E-state index contributed by atoms with van der Waals surface area (Å²) in [4.78, 5) is 16.1. The van der Waals surface area contributed by atoms with Gasteiger partial charge in [0.05, 0.1) is 24.9 Å². The molecule has 0 saturated heterocycles. The van der Waals surface area contributed by atoms with Crippen LogP contribution in [0.4, 0.5) is 5.69 Å². The largest absolute Gasteiger partial charge is 0.493 e. The van der Waals surface area contributed by atoms with Crippen LogP contribution in [0.5, 0.6) is 17.2 Å². The van der Waals surface area contributed by atoms with Crippen molar-refractivity contribution in [3.63, 3.8) is 0 Å². The summed E-state index contributed by atoms with van der Waals surface area (Å²) in [7, 11) is 1.57. The SMILES string of the molecule is COc1cc(/C=N\OCc2cc([N+](=O)[O-])cc3c2OCOC3)ccc1OCc1ccccc1. The Kier molecular flexibility index (Phi) is 7.01. The van der Waals surface area contributed by atoms with Gasteiger partial charge in [-0.05, 0) is 23.8 Å². The molecular weight excluding hydrogens is 428 g/mol. The molecule has 3 aromatic carbocycles. The highest BCUT2D eigenvalue weighted by Gasteiger charge is 2.21. The van der Waals surface area contributed by atoms with Gasteiger partial charge >= 0.3 is 0 Å². The summed E-state index contributed by atoms with van der Waals surface area (Å²) in [6.45, 7) is 0.760. The molecule has 0 bridgehead atoms. The van der Waals surface area contributed by atoms with E-state index in [1.54, 1.807) is 19.2 Å². The van der Waals surface area contributed by atoms with Crippen molar-refractivity contribution >= 4 is 11.9 Å². The highest BCUT2D eigenvalue weighted by atomic mass is 16.7. The van der Waals surface area contributed by atoms with Gasteiger partial charge in [0.2, 0.25) is 0 Å². The molecule has 9 nitrogen and oxygen atoms in total. The number of hydrogen-bond acceptors (Lipinski definition) is 8. The lowest BCUT2D eigenvalue weighted by Crippen LogP contribution is -2.14. The minimum absolute atomic E-state index is 0.00984. The van der Waals surface area contributed by atoms with Crippen LogP contribution in [0.15, 0.2) is 65.8 Å². The fourth-order valence-corrected chi connectivity index (χ4v) is 3.32. The number of hydrogen-bond donors (Lipinski definition) is 0. The summed E-state index contributed by atoms with van der Waals surface area (Å²) in [5.74, 6) is 1.71. The average Bonchev–Trinajstić information content (AvgIpc) is 2.86. The predicted molar refractivity (Wildman–Crippen MR) is 120 cm³/mol. The molecule has 170 valence electrons. The van der Waals surface area contributed by atoms with Crippen molar-refractivity contribution in [1.29, 1.82) is 0 Å². The van der Waals surface area contributed by atoms with Crippen molar-refractivity contribution in [2.24, 2.45) is 5.16 Å². The lowest BCUT2D eigenvalue weighted by atomic mass is 10.1. The summed E-state index contributed by atoms with van der Waals surface area (Å²) in [5.41, 5.74) is 2.87. The van der Waals surface area contributed by atoms with E-state index in [-0.39, 0.29) is 25.7 Å². The number of non-ortho nitro benzene ring substituents is 1. The lowest BCUT2D eigenvalue weighted by Gasteiger charge is -2.20. The Balaban J connectivity index is 1.40. The molecule has 0 fully saturated rings. The van der Waals surface area contributed by atoms with Crippen LogP contribution < -0.4 is 14.2 Å². The van der Waals surface area contributed by atoms with Crippen LogP contribution >= 0.6 is 0 Å². The monoisotopic (exact) mass is 450 g/mol. The van der Waals surface area contributed by atoms with Crippen molar-refractivity contribution in [3.05, 3.63) is 93.0 Å². The zero-order valence-electron chi connectivity index (χ0n) is 17.9. The second-order valence-electron chi connectivity index (χ2n) is 7.15. The van der Waals surface area contributed by atoms with Crippen molar-refractivity contribution in [1.82, 2.24) is 0 Å². The molecule has 0 aliphatic carbocycles. The predicted octanol–water partition coefficient (Wildman–Crippen LogP) is 4.60. The molecule has 0 unspecified atom stereocenters. The molecule has 0 aromatic heterocycles. The van der Waals surface area contributed by atoms with Crippen molar-refractivity contribution in [3.8, 4) is 17.2 Å². The van der Waals surface area contributed by atoms with Crippen LogP contribution in [-0.2, 0) is 29.4 Å². The number of nitrogens with zero attached hydrogens (tertiary/aromatic N) is 2. The number of oxime groups is 1. The van der Waals surface area contributed by atoms with Gasteiger partial charge < -0.3 is 23.8 Å². The molecule has 3 aromatic rings. The minimum atomic E-state index is -0.463. The maximum Gasteiger partial charge on any atom is 0.270 e. The first kappa shape index (κ1) is 22.1. The Morgan fingerprint density at radius 1 is 1.09 bits per heavy atom. The van der Waals surface area contributed by atoms with Crippen LogP contribution in [0.25, 0.3) is 0 Å². The second kappa shape index (κ2) is 10.5. The number of ether oxygens (including phenoxy) is 4. The molecule has 0 N–H and O–H groups in total. The van der Waals surface area contributed by atoms with E-state index in [4.69, 9.17) is 23.8 Å². The molecular formula is C24H22N2O7. The third-order valence-electron chi connectivity index (χ3n) is 4.90. The number of nitro groups is 1. The van der Waals surface area contributed by atoms with Gasteiger partial charge in [-0.25, -0.2) is 0 Å². The summed E-state index contributed by atoms with van der Waals surface area (Å²) >= 11 is 0. The average molecular weight is 450 g/mol. The van der Waals surface area contributed by atoms with Crippen LogP contribution in [-0.4, -0.2) is 25.0 Å². The summed E-state index contributed by atoms with van der Waals surface area (Å²) in [6, 6.07) is 18.1. The van der Waals surface area contributed by atoms with E-state index in [0.29, 0.717) is 35.0 Å². The van der Waals surface area contributed by atoms with E-state index >= 15 is 0 Å². The molecule has 4 rings (SSSR count). The van der Waals surface area contributed by atoms with Crippen LogP contribution in [0.3, 0.4) is 0 Å². The van der Waals surface area contributed by atoms with E-state index in [1.807, 2.05) is 36.4 Å². The first-order chi connectivity index (χ1) is 16.1. The fraction of sp³-hybridized carbons (Fsp3) is 0.208. The molecule has 1 aliphatic heterocycles. The Morgan fingerprint density at radius 3 is 2.73 bits per heavy atom. The summed E-state index contributed by atoms with van der Waals surface area (Å²) in [6.07, 6.45) is 1.53. The van der Waals surface area contributed by atoms with Crippen LogP contribution in [0.1, 0.15) is 22.3 Å². The van der Waals surface area contributed by atoms with Gasteiger partial charge in [-0.3, -0.25) is 10.1 Å². The maximum atomic E-state index is 11.2. The number of nitro benzene ring substituents is 1. The number of fused-ring (bicyclic) bond motifs is 1. The zero-order chi connectivity index (χ0) is 23.0. The van der Waals surface area contributed by atoms with Crippen molar-refractivity contribution in [2.45, 2.75) is 19.8 Å². The van der Waals surface area contributed by atoms with Gasteiger partial charge in [0.25, 0.3) is 5.69 Å². The van der Waals surface area contributed by atoms with Gasteiger partial charge in [-0.2, -0.15) is 0 Å². The van der Waals surface area contributed by atoms with E-state index in [1.165, 1.54) is 18.3 Å². The molecule has 0 amide bonds. The first-order valence-electron chi connectivity index (χ1n) is 10.1. The second-order valence-corrected chi connectivity index (χ2v) is 7.15. The highest BCUT2D eigenvalue weighted by Crippen LogP contribution is 2.33. The third kappa shape index (κ3) is 5.58. The normalized spacial score (nSPS) is 12.6. The maximum absolute atomic E-state index is 11.2. The Labute approximate surface area is 190 Å². The van der Waals surface area contributed by atoms with Gasteiger partial charge in [0, 0.05) is 28.8 Å². The minimum Gasteiger partial charge on any atom is -0.493 e. The molecule has 0 radical (unpaired) electrons. The molecule has 1 aliphatic rings. The molecule has 1 heterocycles. The molecule has 0 atom stereocenters. The van der Waals surface area contributed by atoms with Gasteiger partial charge in [0.1, 0.15) is 19.0 Å². The highest BCUT2D eigenvalue weighted by molar-refractivity contribution is 5.80. The Bertz CT molecular complexity index is 1150. The zero-order valence-corrected chi connectivity index (χ0v) is 17.9. The molecule has 33 heavy (non-hydrogen) atoms. The molecule has 0 spiro atoms. The fourth-order valence-electron chi connectivity index (χ4n) is 3.32. The van der Waals surface area contributed by atoms with Gasteiger partial charge in [-0.1, -0.05) is 35.5 Å². The third-order valence-corrected chi connectivity index (χ3v) is 4.90. The summed E-state index contributed by atoms with van der Waals surface area (Å²) < 4.78 is 22.0. The van der Waals surface area contributed by atoms with E-state index in [9.17, 15) is 10.1 Å². The standard InChI is InChI=1S/C24H22N2O7/c1-29-23-9-18(7-8-22(23)31-13-17-5-3-2-4-6-17)12-25-33-15-20-11-21(26(27)28)10-19-14-30-16-32-24(19)20/h2-12H,13-16H2,1H3/b25-12-. The quantitative estimate of drug-likeness (QED) is 0.267. The smallest absolute Gasteiger partial charge is 0.270 e. The van der Waals surface area contributed by atoms with E-state index in [0.717, 1.165) is 11.1 Å². The first-order valence-corrected chi connectivity index (χ1v) is 10.1. The van der Waals surface area contributed by atoms with Gasteiger partial charge in [0.15, 0.2) is 18.3 Å². The topological polar surface area (TPSA) is 102 Å². The summed E-state index contributed by atoms with van der Waals surface area (Å²) in [5, 5.41) is 15.2. The number of benzene rings is 3. The number of methoxy groups -OCH3 is 1. The van der Waals surface area contributed by atoms with E-state index in [2.05, 4.69) is 5.16 Å². The Morgan fingerprint density at radius 2 is 1.94 bits per heavy atom. The van der Waals surface area contributed by atoms with Crippen molar-refractivity contribution in [2.75, 3.05) is 13.9 Å². The van der Waals surface area contributed by atoms with Crippen LogP contribution in [0.2, 0.25) is 0 Å². The molecule has 0 saturated carbocycles. The molecule has 9 heteroatoms. The van der Waals surface area contributed by atoms with Crippen molar-refractivity contribution < 1.29 is 28.7 Å².